The van der Waals surface area contributed by atoms with E-state index in [1.165, 1.54) is 0 Å². The summed E-state index contributed by atoms with van der Waals surface area (Å²) in [6.45, 7) is 0. The van der Waals surface area contributed by atoms with Gasteiger partial charge in [0, 0.05) is 11.6 Å². The monoisotopic (exact) mass is 316 g/mol. The van der Waals surface area contributed by atoms with Gasteiger partial charge < -0.3 is 19.7 Å². The normalized spacial score (nSPS) is 20.3. The Morgan fingerprint density at radius 3 is 2.05 bits per heavy atom. The second-order valence-electron chi connectivity index (χ2n) is 3.80. The van der Waals surface area contributed by atoms with Crippen LogP contribution in [0.25, 0.3) is 0 Å². The Labute approximate surface area is 113 Å². The van der Waals surface area contributed by atoms with Crippen molar-refractivity contribution in [1.82, 2.24) is 0 Å². The first-order chi connectivity index (χ1) is 9.05. The summed E-state index contributed by atoms with van der Waals surface area (Å²) in [7, 11) is 0. The molecule has 110 valence electrons. The van der Waals surface area contributed by atoms with Crippen molar-refractivity contribution in [3.63, 3.8) is 0 Å². The minimum atomic E-state index is -4.95. The van der Waals surface area contributed by atoms with E-state index in [1.54, 1.807) is 0 Å². The van der Waals surface area contributed by atoms with E-state index in [0.717, 1.165) is 0 Å². The molecule has 0 spiro atoms. The Kier molecular flexibility index (Phi) is 3.22. The fourth-order valence-electron chi connectivity index (χ4n) is 1.45. The van der Waals surface area contributed by atoms with Crippen molar-refractivity contribution in [2.45, 2.75) is 18.3 Å². The van der Waals surface area contributed by atoms with Crippen LogP contribution in [0.3, 0.4) is 0 Å². The number of halogens is 5. The highest BCUT2D eigenvalue weighted by Crippen LogP contribution is 2.48. The van der Waals surface area contributed by atoms with Crippen LogP contribution in [0.2, 0.25) is 5.02 Å². The molecule has 0 bridgehead atoms. The summed E-state index contributed by atoms with van der Waals surface area (Å²) in [4.78, 5) is 10.6. The molecule has 5 nitrogen and oxygen atoms in total. The summed E-state index contributed by atoms with van der Waals surface area (Å²) in [5.74, 6) is -3.37. The maximum atomic E-state index is 12.9. The standard InChI is InChI=1S/C10H5ClF4O5/c11-4-2-6-5(1-3(4)7(16)8(17)18)19-9(12,13)10(14,15)20-6/h1-2,7,16H,(H,17,18). The molecule has 0 aromatic heterocycles. The highest BCUT2D eigenvalue weighted by atomic mass is 35.5. The predicted molar refractivity (Wildman–Crippen MR) is 55.2 cm³/mol. The molecule has 0 amide bonds. The lowest BCUT2D eigenvalue weighted by Gasteiger charge is -2.32. The van der Waals surface area contributed by atoms with Gasteiger partial charge in [-0.2, -0.15) is 17.6 Å². The minimum absolute atomic E-state index is 0.455. The molecule has 1 heterocycles. The fraction of sp³-hybridized carbons (Fsp3) is 0.300. The van der Waals surface area contributed by atoms with Crippen molar-refractivity contribution in [3.05, 3.63) is 22.7 Å². The number of rotatable bonds is 2. The molecule has 1 unspecified atom stereocenters. The molecule has 0 fully saturated rings. The number of fused-ring (bicyclic) bond motifs is 1. The number of alkyl halides is 4. The number of aliphatic hydroxyl groups excluding tert-OH is 1. The lowest BCUT2D eigenvalue weighted by molar-refractivity contribution is -0.391. The summed E-state index contributed by atoms with van der Waals surface area (Å²) in [5.41, 5.74) is -0.498. The van der Waals surface area contributed by atoms with Gasteiger partial charge in [0.25, 0.3) is 0 Å². The number of carboxylic acid groups (broad SMARTS) is 1. The van der Waals surface area contributed by atoms with Gasteiger partial charge in [-0.3, -0.25) is 0 Å². The van der Waals surface area contributed by atoms with Crippen LogP contribution in [-0.2, 0) is 4.79 Å². The zero-order chi connectivity index (χ0) is 15.3. The van der Waals surface area contributed by atoms with Crippen molar-refractivity contribution >= 4 is 17.6 Å². The second-order valence-corrected chi connectivity index (χ2v) is 4.21. The average molecular weight is 317 g/mol. The largest absolute Gasteiger partial charge is 0.507 e. The van der Waals surface area contributed by atoms with Gasteiger partial charge in [0.15, 0.2) is 17.6 Å². The van der Waals surface area contributed by atoms with Crippen LogP contribution in [0.4, 0.5) is 17.6 Å². The Bertz CT molecular complexity index is 577. The topological polar surface area (TPSA) is 76.0 Å². The van der Waals surface area contributed by atoms with Crippen molar-refractivity contribution in [3.8, 4) is 11.5 Å². The molecular formula is C10H5ClF4O5. The first-order valence-electron chi connectivity index (χ1n) is 4.93. The van der Waals surface area contributed by atoms with Crippen LogP contribution in [0.15, 0.2) is 12.1 Å². The molecule has 1 aliphatic heterocycles. The molecule has 1 aromatic carbocycles. The number of aliphatic hydroxyl groups is 1. The first kappa shape index (κ1) is 14.7. The second kappa shape index (κ2) is 4.38. The smallest absolute Gasteiger partial charge is 0.479 e. The molecule has 2 N–H and O–H groups in total. The number of benzene rings is 1. The molecule has 1 aliphatic rings. The fourth-order valence-corrected chi connectivity index (χ4v) is 1.70. The van der Waals surface area contributed by atoms with E-state index in [4.69, 9.17) is 16.7 Å². The first-order valence-corrected chi connectivity index (χ1v) is 5.31. The van der Waals surface area contributed by atoms with Gasteiger partial charge in [0.2, 0.25) is 0 Å². The van der Waals surface area contributed by atoms with E-state index >= 15 is 0 Å². The zero-order valence-corrected chi connectivity index (χ0v) is 10.00. The van der Waals surface area contributed by atoms with E-state index < -0.39 is 46.4 Å². The quantitative estimate of drug-likeness (QED) is 0.820. The third kappa shape index (κ3) is 2.22. The van der Waals surface area contributed by atoms with Gasteiger partial charge in [0.1, 0.15) is 0 Å². The highest BCUT2D eigenvalue weighted by Gasteiger charge is 2.66. The summed E-state index contributed by atoms with van der Waals surface area (Å²) in [6, 6.07) is 1.25. The van der Waals surface area contributed by atoms with Gasteiger partial charge in [-0.15, -0.1) is 0 Å². The summed E-state index contributed by atoms with van der Waals surface area (Å²) in [6.07, 6.45) is -12.0. The number of aliphatic carboxylic acids is 1. The third-order valence-electron chi connectivity index (χ3n) is 2.41. The van der Waals surface area contributed by atoms with Crippen molar-refractivity contribution in [1.29, 1.82) is 0 Å². The summed E-state index contributed by atoms with van der Waals surface area (Å²) in [5, 5.41) is 17.4. The van der Waals surface area contributed by atoms with E-state index in [2.05, 4.69) is 9.47 Å². The SMILES string of the molecule is O=C(O)C(O)c1cc2c(cc1Cl)OC(F)(F)C(F)(F)O2. The molecule has 2 rings (SSSR count). The van der Waals surface area contributed by atoms with Crippen LogP contribution < -0.4 is 9.47 Å². The lowest BCUT2D eigenvalue weighted by atomic mass is 10.1. The molecule has 1 atom stereocenters. The van der Waals surface area contributed by atoms with Gasteiger partial charge in [-0.1, -0.05) is 11.6 Å². The van der Waals surface area contributed by atoms with E-state index in [-0.39, 0.29) is 0 Å². The molecule has 1 aromatic rings. The zero-order valence-electron chi connectivity index (χ0n) is 9.24. The molecule has 0 saturated carbocycles. The molecule has 10 heteroatoms. The van der Waals surface area contributed by atoms with Crippen LogP contribution in [0.5, 0.6) is 11.5 Å². The Balaban J connectivity index is 2.50. The van der Waals surface area contributed by atoms with Gasteiger partial charge in [-0.25, -0.2) is 4.79 Å². The Morgan fingerprint density at radius 1 is 1.15 bits per heavy atom. The van der Waals surface area contributed by atoms with Crippen molar-refractivity contribution < 1.29 is 42.0 Å². The van der Waals surface area contributed by atoms with Crippen LogP contribution in [-0.4, -0.2) is 28.4 Å². The highest BCUT2D eigenvalue weighted by molar-refractivity contribution is 6.31. The molecular weight excluding hydrogens is 312 g/mol. The summed E-state index contributed by atoms with van der Waals surface area (Å²) < 4.78 is 59.3. The van der Waals surface area contributed by atoms with E-state index in [1.807, 2.05) is 0 Å². The van der Waals surface area contributed by atoms with E-state index in [0.29, 0.717) is 12.1 Å². The molecule has 20 heavy (non-hydrogen) atoms. The predicted octanol–water partition coefficient (Wildman–Crippen LogP) is 2.41. The number of hydrogen-bond acceptors (Lipinski definition) is 4. The number of hydrogen-bond donors (Lipinski definition) is 2. The van der Waals surface area contributed by atoms with Crippen molar-refractivity contribution in [2.75, 3.05) is 0 Å². The number of carbonyl (C=O) groups is 1. The number of carboxylic acids is 1. The van der Waals surface area contributed by atoms with Gasteiger partial charge in [0.05, 0.1) is 5.02 Å². The maximum Gasteiger partial charge on any atom is 0.507 e. The minimum Gasteiger partial charge on any atom is -0.479 e. The Morgan fingerprint density at radius 2 is 1.60 bits per heavy atom. The number of ether oxygens (including phenoxy) is 2. The third-order valence-corrected chi connectivity index (χ3v) is 2.73. The Hall–Kier alpha value is -1.74. The molecule has 0 saturated heterocycles. The van der Waals surface area contributed by atoms with Gasteiger partial charge in [-0.05, 0) is 6.07 Å². The molecule has 0 aliphatic carbocycles. The van der Waals surface area contributed by atoms with E-state index in [9.17, 15) is 27.5 Å². The van der Waals surface area contributed by atoms with Crippen molar-refractivity contribution in [2.24, 2.45) is 0 Å². The molecule has 0 radical (unpaired) electrons. The van der Waals surface area contributed by atoms with Crippen LogP contribution in [0.1, 0.15) is 11.7 Å². The lowest BCUT2D eigenvalue weighted by Crippen LogP contribution is -2.52. The average Bonchev–Trinajstić information content (AvgIpc) is 2.29. The maximum absolute atomic E-state index is 12.9. The van der Waals surface area contributed by atoms with Crippen LogP contribution in [0, 0.1) is 0 Å². The van der Waals surface area contributed by atoms with Crippen LogP contribution >= 0.6 is 11.6 Å². The van der Waals surface area contributed by atoms with Gasteiger partial charge >= 0.3 is 18.2 Å². The summed E-state index contributed by atoms with van der Waals surface area (Å²) >= 11 is 5.57.